The molecule has 4 rings (SSSR count). The lowest BCUT2D eigenvalue weighted by Crippen LogP contribution is -2.43. The summed E-state index contributed by atoms with van der Waals surface area (Å²) < 4.78 is 79.5. The van der Waals surface area contributed by atoms with Crippen LogP contribution in [-0.4, -0.2) is 49.9 Å². The van der Waals surface area contributed by atoms with Crippen LogP contribution in [0.4, 0.5) is 22.0 Å². The first kappa shape index (κ1) is 29.9. The smallest absolute Gasteiger partial charge is 0.382 e. The Kier molecular flexibility index (Phi) is 9.44. The van der Waals surface area contributed by atoms with E-state index in [1.807, 2.05) is 6.92 Å². The number of hydrogen-bond donors (Lipinski definition) is 1. The van der Waals surface area contributed by atoms with E-state index in [2.05, 4.69) is 10.1 Å². The number of rotatable bonds is 9. The average Bonchev–Trinajstić information content (AvgIpc) is 3.41. The molecule has 0 aliphatic carbocycles. The largest absolute Gasteiger partial charge is 0.416 e. The molecule has 1 fully saturated rings. The number of alkyl halides is 3. The molecule has 3 aromatic rings. The van der Waals surface area contributed by atoms with Gasteiger partial charge in [-0.2, -0.15) is 18.3 Å². The lowest BCUT2D eigenvalue weighted by atomic mass is 9.90. The van der Waals surface area contributed by atoms with Crippen LogP contribution >= 0.6 is 11.8 Å². The number of allylic oxidation sites excluding steroid dienone is 2. The van der Waals surface area contributed by atoms with E-state index in [4.69, 9.17) is 9.47 Å². The third-order valence-corrected chi connectivity index (χ3v) is 7.86. The monoisotopic (exact) mass is 581 g/mol. The van der Waals surface area contributed by atoms with Gasteiger partial charge >= 0.3 is 6.18 Å². The summed E-state index contributed by atoms with van der Waals surface area (Å²) in [5.74, 6) is -1.61. The quantitative estimate of drug-likeness (QED) is 0.248. The normalized spacial score (nSPS) is 20.9. The lowest BCUT2D eigenvalue weighted by molar-refractivity contribution is -0.146. The fourth-order valence-corrected chi connectivity index (χ4v) is 5.51. The van der Waals surface area contributed by atoms with Gasteiger partial charge in [0.2, 0.25) is 0 Å². The average molecular weight is 582 g/mol. The van der Waals surface area contributed by atoms with E-state index in [0.717, 1.165) is 29.8 Å². The first-order valence-electron chi connectivity index (χ1n) is 12.4. The van der Waals surface area contributed by atoms with Gasteiger partial charge in [-0.15, -0.1) is 11.8 Å². The molecule has 214 valence electrons. The van der Waals surface area contributed by atoms with Crippen LogP contribution in [0.2, 0.25) is 0 Å². The van der Waals surface area contributed by atoms with Gasteiger partial charge in [-0.3, -0.25) is 0 Å². The van der Waals surface area contributed by atoms with Crippen LogP contribution in [0.25, 0.3) is 6.08 Å². The number of ether oxygens (including phenoxy) is 2. The van der Waals surface area contributed by atoms with Crippen molar-refractivity contribution in [1.82, 2.24) is 14.8 Å². The van der Waals surface area contributed by atoms with Crippen LogP contribution in [0.1, 0.15) is 30.5 Å². The van der Waals surface area contributed by atoms with Crippen molar-refractivity contribution in [2.75, 3.05) is 13.2 Å². The minimum Gasteiger partial charge on any atom is -0.382 e. The SMILES string of the molecule is CC(C=Cc1ccc(C(F)(F)F)cc1)=CC1OCC(SC(C)C(O)(Cn2cncn2)c2ccc(F)cc2F)CO1. The van der Waals surface area contributed by atoms with Crippen LogP contribution in [-0.2, 0) is 27.8 Å². The van der Waals surface area contributed by atoms with Crippen molar-refractivity contribution in [2.24, 2.45) is 0 Å². The van der Waals surface area contributed by atoms with Crippen molar-refractivity contribution < 1.29 is 36.5 Å². The Hall–Kier alpha value is -3.06. The summed E-state index contributed by atoms with van der Waals surface area (Å²) in [6, 6.07) is 7.91. The van der Waals surface area contributed by atoms with Gasteiger partial charge in [0.05, 0.1) is 30.6 Å². The standard InChI is InChI=1S/C28H28F5N3O3S/c1-18(3-4-20-5-7-21(8-6-20)28(31,32)33)11-26-38-13-23(14-39-26)40-19(2)27(37,15-36-17-34-16-35-36)24-10-9-22(29)12-25(24)30/h3-12,16-17,19,23,26,37H,13-15H2,1-2H3. The van der Waals surface area contributed by atoms with Gasteiger partial charge in [0.1, 0.15) is 29.9 Å². The fourth-order valence-electron chi connectivity index (χ4n) is 4.19. The lowest BCUT2D eigenvalue weighted by Gasteiger charge is -2.37. The van der Waals surface area contributed by atoms with Crippen LogP contribution in [0, 0.1) is 11.6 Å². The van der Waals surface area contributed by atoms with Crippen molar-refractivity contribution in [1.29, 1.82) is 0 Å². The van der Waals surface area contributed by atoms with Gasteiger partial charge in [-0.05, 0) is 36.8 Å². The van der Waals surface area contributed by atoms with Crippen LogP contribution in [0.15, 0.2) is 72.8 Å². The van der Waals surface area contributed by atoms with E-state index in [1.165, 1.54) is 47.3 Å². The van der Waals surface area contributed by atoms with Gasteiger partial charge in [0, 0.05) is 16.9 Å². The van der Waals surface area contributed by atoms with Crippen molar-refractivity contribution in [3.63, 3.8) is 0 Å². The molecule has 1 aliphatic rings. The van der Waals surface area contributed by atoms with Gasteiger partial charge in [-0.1, -0.05) is 42.8 Å². The minimum atomic E-state index is -4.38. The molecule has 1 aromatic heterocycles. The van der Waals surface area contributed by atoms with E-state index in [0.29, 0.717) is 5.56 Å². The van der Waals surface area contributed by atoms with E-state index in [9.17, 15) is 27.1 Å². The Bertz CT molecular complexity index is 1320. The zero-order valence-electron chi connectivity index (χ0n) is 21.7. The molecule has 0 radical (unpaired) electrons. The summed E-state index contributed by atoms with van der Waals surface area (Å²) in [5, 5.41) is 14.9. The molecule has 0 bridgehead atoms. The first-order chi connectivity index (χ1) is 18.9. The molecule has 6 nitrogen and oxygen atoms in total. The highest BCUT2D eigenvalue weighted by atomic mass is 32.2. The second-order valence-corrected chi connectivity index (χ2v) is 11.1. The second-order valence-electron chi connectivity index (χ2n) is 9.44. The number of aromatic nitrogens is 3. The minimum absolute atomic E-state index is 0.0571. The number of benzene rings is 2. The highest BCUT2D eigenvalue weighted by Crippen LogP contribution is 2.38. The molecule has 1 N–H and O–H groups in total. The Morgan fingerprint density at radius 3 is 2.45 bits per heavy atom. The highest BCUT2D eigenvalue weighted by molar-refractivity contribution is 8.00. The molecule has 40 heavy (non-hydrogen) atoms. The third kappa shape index (κ3) is 7.57. The molecule has 2 atom stereocenters. The molecule has 2 heterocycles. The summed E-state index contributed by atoms with van der Waals surface area (Å²) in [5.41, 5.74) is -1.10. The number of thioether (sulfide) groups is 1. The van der Waals surface area contributed by atoms with Gasteiger partial charge in [-0.25, -0.2) is 18.4 Å². The maximum atomic E-state index is 14.8. The van der Waals surface area contributed by atoms with Gasteiger partial charge in [0.15, 0.2) is 6.29 Å². The zero-order chi connectivity index (χ0) is 28.9. The summed E-state index contributed by atoms with van der Waals surface area (Å²) in [6.07, 6.45) is 2.89. The van der Waals surface area contributed by atoms with Gasteiger partial charge in [0.25, 0.3) is 0 Å². The highest BCUT2D eigenvalue weighted by Gasteiger charge is 2.41. The summed E-state index contributed by atoms with van der Waals surface area (Å²) in [4.78, 5) is 3.87. The topological polar surface area (TPSA) is 69.4 Å². The van der Waals surface area contributed by atoms with E-state index in [1.54, 1.807) is 25.2 Å². The summed E-state index contributed by atoms with van der Waals surface area (Å²) in [7, 11) is 0. The Labute approximate surface area is 232 Å². The van der Waals surface area contributed by atoms with Crippen molar-refractivity contribution in [2.45, 2.75) is 49.0 Å². The molecule has 1 aliphatic heterocycles. The molecule has 1 saturated heterocycles. The molecule has 2 unspecified atom stereocenters. The number of aliphatic hydroxyl groups is 1. The van der Waals surface area contributed by atoms with Gasteiger partial charge < -0.3 is 14.6 Å². The molecular weight excluding hydrogens is 553 g/mol. The van der Waals surface area contributed by atoms with Crippen LogP contribution in [0.3, 0.4) is 0 Å². The second kappa shape index (κ2) is 12.6. The molecular formula is C28H28F5N3O3S. The van der Waals surface area contributed by atoms with Crippen LogP contribution < -0.4 is 0 Å². The van der Waals surface area contributed by atoms with E-state index < -0.39 is 40.5 Å². The van der Waals surface area contributed by atoms with Crippen molar-refractivity contribution >= 4 is 17.8 Å². The maximum absolute atomic E-state index is 14.8. The summed E-state index contributed by atoms with van der Waals surface area (Å²) >= 11 is 1.35. The first-order valence-corrected chi connectivity index (χ1v) is 13.3. The molecule has 12 heteroatoms. The Balaban J connectivity index is 1.36. The van der Waals surface area contributed by atoms with Crippen LogP contribution in [0.5, 0.6) is 0 Å². The maximum Gasteiger partial charge on any atom is 0.416 e. The Morgan fingerprint density at radius 2 is 1.85 bits per heavy atom. The summed E-state index contributed by atoms with van der Waals surface area (Å²) in [6.45, 7) is 4.03. The molecule has 2 aromatic carbocycles. The zero-order valence-corrected chi connectivity index (χ0v) is 22.5. The van der Waals surface area contributed by atoms with E-state index in [-0.39, 0.29) is 30.6 Å². The number of hydrogen-bond acceptors (Lipinski definition) is 6. The molecule has 0 saturated carbocycles. The molecule has 0 spiro atoms. The predicted molar refractivity (Wildman–Crippen MR) is 141 cm³/mol. The Morgan fingerprint density at radius 1 is 1.15 bits per heavy atom. The number of nitrogens with zero attached hydrogens (tertiary/aromatic N) is 3. The number of halogens is 5. The molecule has 0 amide bonds. The third-order valence-electron chi connectivity index (χ3n) is 6.40. The predicted octanol–water partition coefficient (Wildman–Crippen LogP) is 5.99. The fraction of sp³-hybridized carbons (Fsp3) is 0.357. The van der Waals surface area contributed by atoms with Crippen molar-refractivity contribution in [3.8, 4) is 0 Å². The van der Waals surface area contributed by atoms with E-state index >= 15 is 0 Å². The van der Waals surface area contributed by atoms with Crippen molar-refractivity contribution in [3.05, 3.63) is 101 Å².